The summed E-state index contributed by atoms with van der Waals surface area (Å²) < 4.78 is 37.5. The van der Waals surface area contributed by atoms with Crippen molar-refractivity contribution in [1.29, 1.82) is 0 Å². The van der Waals surface area contributed by atoms with Crippen LogP contribution < -0.4 is 0 Å². The zero-order valence-corrected chi connectivity index (χ0v) is 7.08. The standard InChI is InChI=1S/C7H5F3N4/c1-4-2-3-14-6(11-4)12-5(13-14)7(8,9)10/h2-3H,1H3. The summed E-state index contributed by atoms with van der Waals surface area (Å²) in [4.78, 5) is 7.06. The van der Waals surface area contributed by atoms with Crippen LogP contribution in [0, 0.1) is 6.92 Å². The van der Waals surface area contributed by atoms with Gasteiger partial charge in [0.05, 0.1) is 0 Å². The molecule has 2 heterocycles. The molecule has 14 heavy (non-hydrogen) atoms. The number of hydrogen-bond donors (Lipinski definition) is 0. The Balaban J connectivity index is 2.63. The Morgan fingerprint density at radius 2 is 2.00 bits per heavy atom. The van der Waals surface area contributed by atoms with E-state index in [1.165, 1.54) is 6.20 Å². The Morgan fingerprint density at radius 3 is 2.64 bits per heavy atom. The van der Waals surface area contributed by atoms with E-state index in [-0.39, 0.29) is 5.78 Å². The topological polar surface area (TPSA) is 43.1 Å². The van der Waals surface area contributed by atoms with Crippen molar-refractivity contribution in [3.05, 3.63) is 23.8 Å². The zero-order chi connectivity index (χ0) is 10.3. The van der Waals surface area contributed by atoms with Crippen molar-refractivity contribution in [2.45, 2.75) is 13.1 Å². The van der Waals surface area contributed by atoms with Crippen LogP contribution in [0.2, 0.25) is 0 Å². The molecule has 0 fully saturated rings. The van der Waals surface area contributed by atoms with Crippen molar-refractivity contribution in [2.24, 2.45) is 0 Å². The summed E-state index contributed by atoms with van der Waals surface area (Å²) in [5.41, 5.74) is 0.596. The summed E-state index contributed by atoms with van der Waals surface area (Å²) in [5, 5.41) is 3.24. The highest BCUT2D eigenvalue weighted by atomic mass is 19.4. The minimum absolute atomic E-state index is 0.0441. The molecule has 0 atom stereocenters. The highest BCUT2D eigenvalue weighted by Crippen LogP contribution is 2.25. The number of fused-ring (bicyclic) bond motifs is 1. The number of hydrogen-bond acceptors (Lipinski definition) is 3. The summed E-state index contributed by atoms with van der Waals surface area (Å²) in [5.74, 6) is -1.21. The van der Waals surface area contributed by atoms with Crippen LogP contribution in [0.25, 0.3) is 5.78 Å². The van der Waals surface area contributed by atoms with Gasteiger partial charge in [-0.1, -0.05) is 0 Å². The van der Waals surface area contributed by atoms with E-state index < -0.39 is 12.0 Å². The first-order chi connectivity index (χ1) is 6.47. The van der Waals surface area contributed by atoms with Crippen LogP contribution in [0.15, 0.2) is 12.3 Å². The van der Waals surface area contributed by atoms with Gasteiger partial charge in [-0.15, -0.1) is 5.10 Å². The maximum atomic E-state index is 12.2. The molecule has 0 aliphatic rings. The Labute approximate surface area is 76.4 Å². The lowest BCUT2D eigenvalue weighted by molar-refractivity contribution is -0.144. The predicted octanol–water partition coefficient (Wildman–Crippen LogP) is 1.45. The summed E-state index contributed by atoms with van der Waals surface area (Å²) in [6.07, 6.45) is -3.14. The van der Waals surface area contributed by atoms with E-state index in [1.54, 1.807) is 13.0 Å². The minimum atomic E-state index is -4.53. The van der Waals surface area contributed by atoms with Gasteiger partial charge in [0.2, 0.25) is 0 Å². The molecule has 0 unspecified atom stereocenters. The number of aryl methyl sites for hydroxylation is 1. The summed E-state index contributed by atoms with van der Waals surface area (Å²) in [6, 6.07) is 1.56. The first kappa shape index (κ1) is 8.92. The lowest BCUT2D eigenvalue weighted by Gasteiger charge is -1.96. The molecule has 0 N–H and O–H groups in total. The zero-order valence-electron chi connectivity index (χ0n) is 7.08. The number of alkyl halides is 3. The Morgan fingerprint density at radius 1 is 1.29 bits per heavy atom. The third-order valence-electron chi connectivity index (χ3n) is 1.60. The second-order valence-corrected chi connectivity index (χ2v) is 2.75. The van der Waals surface area contributed by atoms with Crippen LogP contribution in [0.4, 0.5) is 13.2 Å². The maximum Gasteiger partial charge on any atom is 0.453 e. The van der Waals surface area contributed by atoms with E-state index >= 15 is 0 Å². The molecule has 4 nitrogen and oxygen atoms in total. The molecule has 0 spiro atoms. The van der Waals surface area contributed by atoms with Crippen LogP contribution in [-0.4, -0.2) is 19.6 Å². The first-order valence-electron chi connectivity index (χ1n) is 3.74. The molecular weight excluding hydrogens is 197 g/mol. The molecule has 0 aliphatic heterocycles. The van der Waals surface area contributed by atoms with Crippen LogP contribution in [0.5, 0.6) is 0 Å². The number of nitrogens with zero attached hydrogens (tertiary/aromatic N) is 4. The van der Waals surface area contributed by atoms with Crippen LogP contribution >= 0.6 is 0 Å². The molecule has 7 heteroatoms. The molecule has 74 valence electrons. The summed E-state index contributed by atoms with van der Waals surface area (Å²) in [7, 11) is 0. The Hall–Kier alpha value is -1.66. The van der Waals surface area contributed by atoms with E-state index in [9.17, 15) is 13.2 Å². The fourth-order valence-corrected chi connectivity index (χ4v) is 0.985. The molecule has 0 saturated carbocycles. The average molecular weight is 202 g/mol. The van der Waals surface area contributed by atoms with E-state index in [0.717, 1.165) is 4.52 Å². The number of rotatable bonds is 0. The molecular formula is C7H5F3N4. The van der Waals surface area contributed by atoms with Gasteiger partial charge in [0, 0.05) is 11.9 Å². The molecule has 0 aliphatic carbocycles. The predicted molar refractivity (Wildman–Crippen MR) is 40.5 cm³/mol. The van der Waals surface area contributed by atoms with Crippen molar-refractivity contribution < 1.29 is 13.2 Å². The fourth-order valence-electron chi connectivity index (χ4n) is 0.985. The second-order valence-electron chi connectivity index (χ2n) is 2.75. The largest absolute Gasteiger partial charge is 0.453 e. The van der Waals surface area contributed by atoms with Gasteiger partial charge in [0.15, 0.2) is 0 Å². The van der Waals surface area contributed by atoms with Gasteiger partial charge in [-0.05, 0) is 13.0 Å². The fraction of sp³-hybridized carbons (Fsp3) is 0.286. The molecule has 0 saturated heterocycles. The minimum Gasteiger partial charge on any atom is -0.216 e. The van der Waals surface area contributed by atoms with Crippen molar-refractivity contribution in [3.63, 3.8) is 0 Å². The van der Waals surface area contributed by atoms with Crippen molar-refractivity contribution in [1.82, 2.24) is 19.6 Å². The summed E-state index contributed by atoms with van der Waals surface area (Å²) in [6.45, 7) is 1.67. The smallest absolute Gasteiger partial charge is 0.216 e. The third kappa shape index (κ3) is 1.40. The van der Waals surface area contributed by atoms with Crippen molar-refractivity contribution >= 4 is 5.78 Å². The van der Waals surface area contributed by atoms with Crippen LogP contribution in [0.1, 0.15) is 11.5 Å². The van der Waals surface area contributed by atoms with Gasteiger partial charge in [0.1, 0.15) is 0 Å². The van der Waals surface area contributed by atoms with E-state index in [0.29, 0.717) is 5.69 Å². The highest BCUT2D eigenvalue weighted by Gasteiger charge is 2.36. The number of aromatic nitrogens is 4. The molecule has 0 amide bonds. The van der Waals surface area contributed by atoms with Crippen LogP contribution in [0.3, 0.4) is 0 Å². The molecule has 2 rings (SSSR count). The molecule has 0 bridgehead atoms. The maximum absolute atomic E-state index is 12.2. The van der Waals surface area contributed by atoms with Crippen molar-refractivity contribution in [2.75, 3.05) is 0 Å². The van der Waals surface area contributed by atoms with Gasteiger partial charge < -0.3 is 0 Å². The molecule has 0 aromatic carbocycles. The van der Waals surface area contributed by atoms with Gasteiger partial charge in [-0.25, -0.2) is 9.50 Å². The van der Waals surface area contributed by atoms with Gasteiger partial charge in [-0.3, -0.25) is 0 Å². The summed E-state index contributed by atoms with van der Waals surface area (Å²) >= 11 is 0. The SMILES string of the molecule is Cc1ccn2nc(C(F)(F)F)nc2n1. The number of halogens is 3. The average Bonchev–Trinajstić information content (AvgIpc) is 2.45. The second kappa shape index (κ2) is 2.66. The van der Waals surface area contributed by atoms with Crippen LogP contribution in [-0.2, 0) is 6.18 Å². The quantitative estimate of drug-likeness (QED) is 0.649. The Kier molecular flexibility index (Phi) is 1.70. The van der Waals surface area contributed by atoms with Gasteiger partial charge in [-0.2, -0.15) is 18.2 Å². The van der Waals surface area contributed by atoms with Gasteiger partial charge in [0.25, 0.3) is 11.6 Å². The van der Waals surface area contributed by atoms with E-state index in [1.807, 2.05) is 0 Å². The molecule has 2 aromatic heterocycles. The van der Waals surface area contributed by atoms with E-state index in [2.05, 4.69) is 15.1 Å². The molecule has 2 aromatic rings. The third-order valence-corrected chi connectivity index (χ3v) is 1.60. The van der Waals surface area contributed by atoms with Crippen molar-refractivity contribution in [3.8, 4) is 0 Å². The lowest BCUT2D eigenvalue weighted by Crippen LogP contribution is -2.07. The highest BCUT2D eigenvalue weighted by molar-refractivity contribution is 5.27. The van der Waals surface area contributed by atoms with Gasteiger partial charge >= 0.3 is 6.18 Å². The first-order valence-corrected chi connectivity index (χ1v) is 3.74. The molecule has 0 radical (unpaired) electrons. The monoisotopic (exact) mass is 202 g/mol. The lowest BCUT2D eigenvalue weighted by atomic mass is 10.5. The Bertz CT molecular complexity index is 473. The van der Waals surface area contributed by atoms with E-state index in [4.69, 9.17) is 0 Å². The normalized spacial score (nSPS) is 12.3.